The Balaban J connectivity index is 2.27. The second-order valence-electron chi connectivity index (χ2n) is 3.56. The first-order valence-corrected chi connectivity index (χ1v) is 6.37. The molecule has 0 bridgehead atoms. The number of hydrogen-bond acceptors (Lipinski definition) is 4. The van der Waals surface area contributed by atoms with Crippen molar-refractivity contribution < 1.29 is 4.63 Å². The molecule has 7 heteroatoms. The zero-order valence-corrected chi connectivity index (χ0v) is 11.9. The Hall–Kier alpha value is -1.21. The van der Waals surface area contributed by atoms with Crippen LogP contribution in [-0.4, -0.2) is 19.7 Å². The monoisotopic (exact) mass is 356 g/mol. The minimum absolute atomic E-state index is 0.664. The summed E-state index contributed by atoms with van der Waals surface area (Å²) in [6, 6.07) is 1.94. The van der Waals surface area contributed by atoms with Crippen LogP contribution in [0.15, 0.2) is 32.0 Å². The van der Waals surface area contributed by atoms with E-state index < -0.39 is 0 Å². The summed E-state index contributed by atoms with van der Waals surface area (Å²) in [5, 5.41) is 7.59. The van der Waals surface area contributed by atoms with Crippen LogP contribution < -0.4 is 0 Å². The van der Waals surface area contributed by atoms with E-state index in [0.717, 1.165) is 26.0 Å². The zero-order valence-electron chi connectivity index (χ0n) is 8.69. The highest BCUT2D eigenvalue weighted by molar-refractivity contribution is 9.11. The van der Waals surface area contributed by atoms with Crippen LogP contribution in [0.4, 0.5) is 0 Å². The molecule has 0 aliphatic carbocycles. The quantitative estimate of drug-likeness (QED) is 0.671. The van der Waals surface area contributed by atoms with Gasteiger partial charge in [0.25, 0.3) is 0 Å². The van der Waals surface area contributed by atoms with Crippen molar-refractivity contribution in [3.8, 4) is 11.4 Å². The number of hydrogen-bond donors (Lipinski definition) is 0. The third-order valence-corrected chi connectivity index (χ3v) is 3.39. The van der Waals surface area contributed by atoms with Crippen LogP contribution >= 0.6 is 31.9 Å². The smallest absolute Gasteiger partial charge is 0.157 e. The molecule has 0 spiro atoms. The Morgan fingerprint density at radius 1 is 1.24 bits per heavy atom. The van der Waals surface area contributed by atoms with Gasteiger partial charge in [0.1, 0.15) is 11.4 Å². The molecule has 3 aromatic rings. The molecule has 0 unspecified atom stereocenters. The van der Waals surface area contributed by atoms with Crippen LogP contribution in [0.2, 0.25) is 0 Å². The Bertz CT molecular complexity index is 703. The predicted octanol–water partition coefficient (Wildman–Crippen LogP) is 3.22. The molecule has 0 saturated carbocycles. The van der Waals surface area contributed by atoms with Gasteiger partial charge in [0.2, 0.25) is 0 Å². The second-order valence-corrected chi connectivity index (χ2v) is 5.33. The minimum Gasteiger partial charge on any atom is -0.304 e. The van der Waals surface area contributed by atoms with Gasteiger partial charge in [-0.15, -0.1) is 0 Å². The van der Waals surface area contributed by atoms with Gasteiger partial charge in [0.15, 0.2) is 11.3 Å². The Kier molecular flexibility index (Phi) is 2.52. The Morgan fingerprint density at radius 2 is 2.06 bits per heavy atom. The number of aryl methyl sites for hydroxylation is 1. The highest BCUT2D eigenvalue weighted by atomic mass is 79.9. The van der Waals surface area contributed by atoms with E-state index >= 15 is 0 Å². The molecule has 0 saturated heterocycles. The molecule has 0 radical (unpaired) electrons. The van der Waals surface area contributed by atoms with Crippen molar-refractivity contribution in [3.63, 3.8) is 0 Å². The third-order valence-electron chi connectivity index (χ3n) is 2.37. The molecule has 5 nitrogen and oxygen atoms in total. The molecule has 86 valence electrons. The van der Waals surface area contributed by atoms with E-state index in [1.165, 1.54) is 0 Å². The van der Waals surface area contributed by atoms with Crippen molar-refractivity contribution in [2.75, 3.05) is 0 Å². The first-order valence-electron chi connectivity index (χ1n) is 4.78. The maximum atomic E-state index is 4.68. The summed E-state index contributed by atoms with van der Waals surface area (Å²) in [7, 11) is 0. The van der Waals surface area contributed by atoms with E-state index in [9.17, 15) is 0 Å². The lowest BCUT2D eigenvalue weighted by atomic mass is 10.3. The number of imidazole rings is 1. The number of halogens is 2. The lowest BCUT2D eigenvalue weighted by Gasteiger charge is -1.96. The van der Waals surface area contributed by atoms with Crippen LogP contribution in [-0.2, 0) is 0 Å². The summed E-state index contributed by atoms with van der Waals surface area (Å²) in [5.74, 6) is 0. The Morgan fingerprint density at radius 3 is 2.76 bits per heavy atom. The summed E-state index contributed by atoms with van der Waals surface area (Å²) in [6.07, 6.45) is 3.82. The zero-order chi connectivity index (χ0) is 12.0. The number of fused-ring (bicyclic) bond motifs is 1. The molecule has 0 fully saturated rings. The molecule has 3 rings (SSSR count). The van der Waals surface area contributed by atoms with Crippen molar-refractivity contribution in [3.05, 3.63) is 33.1 Å². The van der Waals surface area contributed by atoms with Crippen molar-refractivity contribution in [2.24, 2.45) is 0 Å². The van der Waals surface area contributed by atoms with Crippen LogP contribution in [0.1, 0.15) is 5.69 Å². The summed E-state index contributed by atoms with van der Waals surface area (Å²) < 4.78 is 8.47. The molecule has 0 amide bonds. The first-order chi connectivity index (χ1) is 8.15. The van der Waals surface area contributed by atoms with Gasteiger partial charge >= 0.3 is 0 Å². The first kappa shape index (κ1) is 10.9. The van der Waals surface area contributed by atoms with E-state index in [4.69, 9.17) is 0 Å². The van der Waals surface area contributed by atoms with Gasteiger partial charge in [-0.05, 0) is 50.0 Å². The van der Waals surface area contributed by atoms with Crippen LogP contribution in [0.5, 0.6) is 0 Å². The van der Waals surface area contributed by atoms with E-state index in [2.05, 4.69) is 51.8 Å². The van der Waals surface area contributed by atoms with Crippen molar-refractivity contribution >= 4 is 37.5 Å². The highest BCUT2D eigenvalue weighted by Crippen LogP contribution is 2.26. The molecule has 17 heavy (non-hydrogen) atoms. The highest BCUT2D eigenvalue weighted by Gasteiger charge is 2.13. The lowest BCUT2D eigenvalue weighted by Crippen LogP contribution is -1.83. The predicted molar refractivity (Wildman–Crippen MR) is 68.6 cm³/mol. The topological polar surface area (TPSA) is 56.2 Å². The molecule has 0 aliphatic heterocycles. The fourth-order valence-electron chi connectivity index (χ4n) is 1.60. The number of rotatable bonds is 1. The lowest BCUT2D eigenvalue weighted by molar-refractivity contribution is 0.306. The van der Waals surface area contributed by atoms with Gasteiger partial charge in [0, 0.05) is 16.9 Å². The molecule has 0 atom stereocenters. The average molecular weight is 358 g/mol. The molecular weight excluding hydrogens is 352 g/mol. The largest absolute Gasteiger partial charge is 0.304 e. The van der Waals surface area contributed by atoms with Crippen LogP contribution in [0.25, 0.3) is 17.0 Å². The van der Waals surface area contributed by atoms with Gasteiger partial charge in [-0.2, -0.15) is 0 Å². The Labute approximate surface area is 113 Å². The number of aromatic nitrogens is 4. The molecule has 3 aromatic heterocycles. The number of nitrogens with zero attached hydrogens (tertiary/aromatic N) is 4. The molecular formula is C10H6Br2N4O. The SMILES string of the molecule is Cc1nonc1-c1cn2cc(Br)cc(Br)c2n1. The van der Waals surface area contributed by atoms with E-state index in [1.807, 2.05) is 29.8 Å². The average Bonchev–Trinajstić information content (AvgIpc) is 2.83. The van der Waals surface area contributed by atoms with Gasteiger partial charge in [-0.1, -0.05) is 5.16 Å². The van der Waals surface area contributed by atoms with Crippen molar-refractivity contribution in [1.82, 2.24) is 19.7 Å². The summed E-state index contributed by atoms with van der Waals surface area (Å²) >= 11 is 6.90. The molecule has 0 N–H and O–H groups in total. The van der Waals surface area contributed by atoms with E-state index in [0.29, 0.717) is 5.69 Å². The third kappa shape index (κ3) is 1.79. The van der Waals surface area contributed by atoms with Crippen LogP contribution in [0.3, 0.4) is 0 Å². The normalized spacial score (nSPS) is 11.2. The van der Waals surface area contributed by atoms with Crippen molar-refractivity contribution in [2.45, 2.75) is 6.92 Å². The number of pyridine rings is 1. The summed E-state index contributed by atoms with van der Waals surface area (Å²) in [5.41, 5.74) is 2.95. The van der Waals surface area contributed by atoms with Gasteiger partial charge in [-0.3, -0.25) is 0 Å². The van der Waals surface area contributed by atoms with Gasteiger partial charge in [0.05, 0.1) is 4.47 Å². The molecule has 3 heterocycles. The van der Waals surface area contributed by atoms with Crippen molar-refractivity contribution in [1.29, 1.82) is 0 Å². The summed E-state index contributed by atoms with van der Waals surface area (Å²) in [4.78, 5) is 4.49. The molecule has 0 aromatic carbocycles. The van der Waals surface area contributed by atoms with Gasteiger partial charge in [-0.25, -0.2) is 9.61 Å². The van der Waals surface area contributed by atoms with Gasteiger partial charge < -0.3 is 4.40 Å². The molecule has 0 aliphatic rings. The second kappa shape index (κ2) is 3.92. The fraction of sp³-hybridized carbons (Fsp3) is 0.100. The minimum atomic E-state index is 0.664. The van der Waals surface area contributed by atoms with E-state index in [-0.39, 0.29) is 0 Å². The van der Waals surface area contributed by atoms with E-state index in [1.54, 1.807) is 0 Å². The fourth-order valence-corrected chi connectivity index (χ4v) is 2.90. The van der Waals surface area contributed by atoms with Crippen LogP contribution in [0, 0.1) is 6.92 Å². The maximum Gasteiger partial charge on any atom is 0.157 e. The maximum absolute atomic E-state index is 4.68. The standard InChI is InChI=1S/C10H6Br2N4O/c1-5-9(15-17-14-5)8-4-16-3-6(11)2-7(12)10(16)13-8/h2-4H,1H3. The summed E-state index contributed by atoms with van der Waals surface area (Å²) in [6.45, 7) is 1.83.